The highest BCUT2D eigenvalue weighted by Crippen LogP contribution is 2.40. The SMILES string of the molecule is CC(C)CC(=O)N[C@H]1C[C@@H]1c1cccnc1. The number of aromatic nitrogens is 1. The number of carbonyl (C=O) groups is 1. The fourth-order valence-electron chi connectivity index (χ4n) is 1.95. The van der Waals surface area contributed by atoms with Crippen LogP contribution in [0.3, 0.4) is 0 Å². The van der Waals surface area contributed by atoms with E-state index in [4.69, 9.17) is 0 Å². The van der Waals surface area contributed by atoms with Crippen LogP contribution >= 0.6 is 0 Å². The van der Waals surface area contributed by atoms with Gasteiger partial charge in [-0.2, -0.15) is 0 Å². The summed E-state index contributed by atoms with van der Waals surface area (Å²) in [5.41, 5.74) is 1.23. The van der Waals surface area contributed by atoms with Crippen LogP contribution in [-0.4, -0.2) is 16.9 Å². The Bertz CT molecular complexity index is 361. The number of rotatable bonds is 4. The summed E-state index contributed by atoms with van der Waals surface area (Å²) in [5, 5.41) is 3.07. The maximum Gasteiger partial charge on any atom is 0.220 e. The molecule has 3 nitrogen and oxygen atoms in total. The van der Waals surface area contributed by atoms with Gasteiger partial charge in [0.15, 0.2) is 0 Å². The third-order valence-corrected chi connectivity index (χ3v) is 2.84. The minimum Gasteiger partial charge on any atom is -0.353 e. The molecule has 2 rings (SSSR count). The van der Waals surface area contributed by atoms with Crippen molar-refractivity contribution in [2.45, 2.75) is 38.6 Å². The van der Waals surface area contributed by atoms with Crippen LogP contribution in [0.1, 0.15) is 38.2 Å². The van der Waals surface area contributed by atoms with Crippen LogP contribution in [0, 0.1) is 5.92 Å². The Kier molecular flexibility index (Phi) is 3.22. The zero-order chi connectivity index (χ0) is 11.5. The van der Waals surface area contributed by atoms with Crippen LogP contribution in [0.15, 0.2) is 24.5 Å². The van der Waals surface area contributed by atoms with Crippen molar-refractivity contribution >= 4 is 5.91 Å². The molecule has 1 saturated carbocycles. The molecule has 86 valence electrons. The Morgan fingerprint density at radius 2 is 2.44 bits per heavy atom. The van der Waals surface area contributed by atoms with Crippen molar-refractivity contribution in [1.29, 1.82) is 0 Å². The van der Waals surface area contributed by atoms with Gasteiger partial charge in [-0.1, -0.05) is 19.9 Å². The summed E-state index contributed by atoms with van der Waals surface area (Å²) in [5.74, 6) is 1.08. The number of hydrogen-bond donors (Lipinski definition) is 1. The molecule has 0 aromatic carbocycles. The summed E-state index contributed by atoms with van der Waals surface area (Å²) in [4.78, 5) is 15.6. The highest BCUT2D eigenvalue weighted by atomic mass is 16.1. The molecule has 2 atom stereocenters. The average Bonchev–Trinajstić information content (AvgIpc) is 2.97. The highest BCUT2D eigenvalue weighted by molar-refractivity contribution is 5.77. The first-order chi connectivity index (χ1) is 7.66. The van der Waals surface area contributed by atoms with Crippen molar-refractivity contribution in [2.75, 3.05) is 0 Å². The molecule has 1 aromatic heterocycles. The van der Waals surface area contributed by atoms with Crippen molar-refractivity contribution in [2.24, 2.45) is 5.92 Å². The van der Waals surface area contributed by atoms with Gasteiger partial charge in [0.1, 0.15) is 0 Å². The fraction of sp³-hybridized carbons (Fsp3) is 0.538. The second kappa shape index (κ2) is 4.64. The number of carbonyl (C=O) groups excluding carboxylic acids is 1. The van der Waals surface area contributed by atoms with Gasteiger partial charge in [0.05, 0.1) is 0 Å². The number of nitrogens with zero attached hydrogens (tertiary/aromatic N) is 1. The van der Waals surface area contributed by atoms with Gasteiger partial charge in [-0.15, -0.1) is 0 Å². The van der Waals surface area contributed by atoms with E-state index in [0.717, 1.165) is 6.42 Å². The predicted molar refractivity (Wildman–Crippen MR) is 63.0 cm³/mol. The Balaban J connectivity index is 1.82. The van der Waals surface area contributed by atoms with Crippen LogP contribution in [0.5, 0.6) is 0 Å². The maximum atomic E-state index is 11.6. The van der Waals surface area contributed by atoms with Crippen molar-refractivity contribution in [3.05, 3.63) is 30.1 Å². The van der Waals surface area contributed by atoms with Crippen molar-refractivity contribution < 1.29 is 4.79 Å². The predicted octanol–water partition coefficient (Wildman–Crippen LogP) is 2.10. The number of amides is 1. The molecule has 1 aliphatic rings. The van der Waals surface area contributed by atoms with E-state index in [2.05, 4.69) is 30.2 Å². The van der Waals surface area contributed by atoms with E-state index in [1.807, 2.05) is 12.3 Å². The van der Waals surface area contributed by atoms with E-state index in [1.54, 1.807) is 6.20 Å². The van der Waals surface area contributed by atoms with Crippen LogP contribution in [0.2, 0.25) is 0 Å². The van der Waals surface area contributed by atoms with E-state index in [1.165, 1.54) is 5.56 Å². The minimum atomic E-state index is 0.173. The molecule has 1 fully saturated rings. The van der Waals surface area contributed by atoms with Crippen molar-refractivity contribution in [3.8, 4) is 0 Å². The number of hydrogen-bond acceptors (Lipinski definition) is 2. The van der Waals surface area contributed by atoms with Gasteiger partial charge in [0.2, 0.25) is 5.91 Å². The molecule has 0 saturated heterocycles. The van der Waals surface area contributed by atoms with Crippen LogP contribution < -0.4 is 5.32 Å². The Morgan fingerprint density at radius 1 is 1.62 bits per heavy atom. The second-order valence-electron chi connectivity index (χ2n) is 4.90. The van der Waals surface area contributed by atoms with Crippen LogP contribution in [0.4, 0.5) is 0 Å². The van der Waals surface area contributed by atoms with Gasteiger partial charge in [0, 0.05) is 30.8 Å². The molecule has 1 heterocycles. The van der Waals surface area contributed by atoms with E-state index in [9.17, 15) is 4.79 Å². The molecule has 0 spiro atoms. The molecule has 16 heavy (non-hydrogen) atoms. The lowest BCUT2D eigenvalue weighted by molar-refractivity contribution is -0.121. The number of pyridine rings is 1. The van der Waals surface area contributed by atoms with Gasteiger partial charge in [-0.25, -0.2) is 0 Å². The molecule has 3 heteroatoms. The first-order valence-corrected chi connectivity index (χ1v) is 5.86. The highest BCUT2D eigenvalue weighted by Gasteiger charge is 2.39. The first kappa shape index (κ1) is 11.1. The second-order valence-corrected chi connectivity index (χ2v) is 4.90. The van der Waals surface area contributed by atoms with E-state index in [-0.39, 0.29) is 5.91 Å². The first-order valence-electron chi connectivity index (χ1n) is 5.86. The lowest BCUT2D eigenvalue weighted by atomic mass is 10.1. The minimum absolute atomic E-state index is 0.173. The normalized spacial score (nSPS) is 23.2. The zero-order valence-electron chi connectivity index (χ0n) is 9.81. The van der Waals surface area contributed by atoms with Gasteiger partial charge in [0.25, 0.3) is 0 Å². The van der Waals surface area contributed by atoms with Gasteiger partial charge in [-0.3, -0.25) is 9.78 Å². The quantitative estimate of drug-likeness (QED) is 0.841. The molecule has 1 amide bonds. The lowest BCUT2D eigenvalue weighted by Gasteiger charge is -2.06. The van der Waals surface area contributed by atoms with Gasteiger partial charge < -0.3 is 5.32 Å². The lowest BCUT2D eigenvalue weighted by Crippen LogP contribution is -2.27. The largest absolute Gasteiger partial charge is 0.353 e. The van der Waals surface area contributed by atoms with E-state index >= 15 is 0 Å². The molecule has 0 aliphatic heterocycles. The van der Waals surface area contributed by atoms with Crippen molar-refractivity contribution in [3.63, 3.8) is 0 Å². The molecule has 1 aromatic rings. The Hall–Kier alpha value is -1.38. The van der Waals surface area contributed by atoms with Crippen LogP contribution in [0.25, 0.3) is 0 Å². The van der Waals surface area contributed by atoms with E-state index in [0.29, 0.717) is 24.3 Å². The summed E-state index contributed by atoms with van der Waals surface area (Å²) in [6.07, 6.45) is 5.34. The summed E-state index contributed by atoms with van der Waals surface area (Å²) in [6, 6.07) is 4.35. The maximum absolute atomic E-state index is 11.6. The zero-order valence-corrected chi connectivity index (χ0v) is 9.81. The molecule has 0 bridgehead atoms. The monoisotopic (exact) mass is 218 g/mol. The smallest absolute Gasteiger partial charge is 0.220 e. The van der Waals surface area contributed by atoms with Gasteiger partial charge >= 0.3 is 0 Å². The van der Waals surface area contributed by atoms with Gasteiger partial charge in [-0.05, 0) is 24.0 Å². The fourth-order valence-corrected chi connectivity index (χ4v) is 1.95. The molecule has 1 N–H and O–H groups in total. The molecular weight excluding hydrogens is 200 g/mol. The standard InChI is InChI=1S/C13H18N2O/c1-9(2)6-13(16)15-12-7-11(12)10-4-3-5-14-8-10/h3-5,8-9,11-12H,6-7H2,1-2H3,(H,15,16)/t11-,12+/m1/s1. The molecular formula is C13H18N2O. The van der Waals surface area contributed by atoms with Crippen molar-refractivity contribution in [1.82, 2.24) is 10.3 Å². The third kappa shape index (κ3) is 2.81. The number of nitrogens with one attached hydrogen (secondary N) is 1. The van der Waals surface area contributed by atoms with Crippen LogP contribution in [-0.2, 0) is 4.79 Å². The summed E-state index contributed by atoms with van der Waals surface area (Å²) >= 11 is 0. The third-order valence-electron chi connectivity index (χ3n) is 2.84. The summed E-state index contributed by atoms with van der Waals surface area (Å²) in [6.45, 7) is 4.12. The van der Waals surface area contributed by atoms with E-state index < -0.39 is 0 Å². The molecule has 1 aliphatic carbocycles. The average molecular weight is 218 g/mol. The Labute approximate surface area is 96.3 Å². The summed E-state index contributed by atoms with van der Waals surface area (Å²) in [7, 11) is 0. The summed E-state index contributed by atoms with van der Waals surface area (Å²) < 4.78 is 0. The molecule has 0 unspecified atom stereocenters. The molecule has 0 radical (unpaired) electrons. The Morgan fingerprint density at radius 3 is 3.06 bits per heavy atom. The topological polar surface area (TPSA) is 42.0 Å².